The van der Waals surface area contributed by atoms with Gasteiger partial charge in [0, 0.05) is 34.0 Å². The smallest absolute Gasteiger partial charge is 0.238 e. The summed E-state index contributed by atoms with van der Waals surface area (Å²) in [5.74, 6) is 0.120. The first kappa shape index (κ1) is 21.6. The highest BCUT2D eigenvalue weighted by Gasteiger charge is 2.24. The zero-order chi connectivity index (χ0) is 21.5. The maximum absolute atomic E-state index is 12.2. The van der Waals surface area contributed by atoms with E-state index >= 15 is 0 Å². The molecule has 0 saturated carbocycles. The van der Waals surface area contributed by atoms with E-state index in [1.807, 2.05) is 44.3 Å². The molecular weight excluding hydrogens is 450 g/mol. The third kappa shape index (κ3) is 3.97. The summed E-state index contributed by atoms with van der Waals surface area (Å²) in [7, 11) is -3.80. The third-order valence-electron chi connectivity index (χ3n) is 5.52. The number of hydrogen-bond donors (Lipinski definition) is 1. The average molecular weight is 474 g/mol. The molecular formula is C22H24BrN3O2S. The lowest BCUT2D eigenvalue weighted by molar-refractivity contribution is 0.549. The van der Waals surface area contributed by atoms with Crippen LogP contribution in [0, 0.1) is 32.1 Å². The lowest BCUT2D eigenvalue weighted by Gasteiger charge is -2.24. The van der Waals surface area contributed by atoms with Gasteiger partial charge in [0.15, 0.2) is 0 Å². The molecule has 1 heterocycles. The zero-order valence-electron chi connectivity index (χ0n) is 17.0. The Bertz CT molecular complexity index is 1250. The Morgan fingerprint density at radius 2 is 1.90 bits per heavy atom. The van der Waals surface area contributed by atoms with Crippen LogP contribution in [0.4, 0.5) is 0 Å². The van der Waals surface area contributed by atoms with Crippen molar-refractivity contribution in [3.8, 4) is 6.07 Å². The van der Waals surface area contributed by atoms with Gasteiger partial charge >= 0.3 is 0 Å². The maximum atomic E-state index is 12.2. The van der Waals surface area contributed by atoms with E-state index < -0.39 is 10.0 Å². The van der Waals surface area contributed by atoms with Crippen molar-refractivity contribution in [2.75, 3.05) is 0 Å². The number of nitrogens with zero attached hydrogens (tertiary/aromatic N) is 2. The molecule has 0 fully saturated rings. The topological polar surface area (TPSA) is 88.9 Å². The highest BCUT2D eigenvalue weighted by Crippen LogP contribution is 2.35. The van der Waals surface area contributed by atoms with E-state index in [0.29, 0.717) is 17.7 Å². The summed E-state index contributed by atoms with van der Waals surface area (Å²) in [6.45, 7) is 8.45. The van der Waals surface area contributed by atoms with Crippen molar-refractivity contribution < 1.29 is 8.42 Å². The largest absolute Gasteiger partial charge is 0.346 e. The second-order valence-corrected chi connectivity index (χ2v) is 9.85. The number of aryl methyl sites for hydroxylation is 2. The number of hydrogen-bond acceptors (Lipinski definition) is 3. The van der Waals surface area contributed by atoms with E-state index in [1.54, 1.807) is 6.92 Å². The van der Waals surface area contributed by atoms with Gasteiger partial charge in [-0.15, -0.1) is 0 Å². The molecule has 0 aliphatic rings. The van der Waals surface area contributed by atoms with Crippen molar-refractivity contribution in [2.45, 2.75) is 51.5 Å². The zero-order valence-corrected chi connectivity index (χ0v) is 19.4. The fourth-order valence-corrected chi connectivity index (χ4v) is 5.99. The number of nitrogens with two attached hydrogens (primary N) is 1. The summed E-state index contributed by atoms with van der Waals surface area (Å²) >= 11 is 3.60. The molecule has 1 atom stereocenters. The lowest BCUT2D eigenvalue weighted by Crippen LogP contribution is -2.19. The van der Waals surface area contributed by atoms with E-state index in [0.717, 1.165) is 38.5 Å². The second-order valence-electron chi connectivity index (χ2n) is 7.50. The third-order valence-corrected chi connectivity index (χ3v) is 7.35. The predicted octanol–water partition coefficient (Wildman–Crippen LogP) is 5.04. The second kappa shape index (κ2) is 7.94. The van der Waals surface area contributed by atoms with Crippen LogP contribution in [0.3, 0.4) is 0 Å². The van der Waals surface area contributed by atoms with Gasteiger partial charge in [-0.3, -0.25) is 0 Å². The molecule has 0 spiro atoms. The number of rotatable bonds is 5. The van der Waals surface area contributed by atoms with E-state index in [-0.39, 0.29) is 10.8 Å². The number of fused-ring (bicyclic) bond motifs is 1. The molecule has 7 heteroatoms. The molecule has 0 bridgehead atoms. The highest BCUT2D eigenvalue weighted by molar-refractivity contribution is 9.10. The van der Waals surface area contributed by atoms with Gasteiger partial charge in [0.25, 0.3) is 0 Å². The number of halogens is 1. The fourth-order valence-electron chi connectivity index (χ4n) is 4.38. The lowest BCUT2D eigenvalue weighted by atomic mass is 9.87. The summed E-state index contributed by atoms with van der Waals surface area (Å²) in [5.41, 5.74) is 5.17. The van der Waals surface area contributed by atoms with Crippen molar-refractivity contribution in [1.82, 2.24) is 4.57 Å². The summed E-state index contributed by atoms with van der Waals surface area (Å²) in [6, 6.07) is 9.73. The predicted molar refractivity (Wildman–Crippen MR) is 119 cm³/mol. The van der Waals surface area contributed by atoms with Crippen LogP contribution >= 0.6 is 15.9 Å². The van der Waals surface area contributed by atoms with Crippen LogP contribution in [0.1, 0.15) is 47.1 Å². The van der Waals surface area contributed by atoms with Crippen LogP contribution in [-0.2, 0) is 16.6 Å². The Labute approximate surface area is 180 Å². The van der Waals surface area contributed by atoms with Crippen molar-refractivity contribution in [1.29, 1.82) is 5.26 Å². The Balaban J connectivity index is 2.13. The monoisotopic (exact) mass is 473 g/mol. The van der Waals surface area contributed by atoms with Gasteiger partial charge in [-0.1, -0.05) is 13.0 Å². The SMILES string of the molecule is CC[C@H](Cn1cc(Br)c2cc(C#N)ccc21)c1c(C)cc(C)c(S(N)(=O)=O)c1C. The molecule has 3 aromatic rings. The molecule has 5 nitrogen and oxygen atoms in total. The molecule has 0 amide bonds. The van der Waals surface area contributed by atoms with Crippen LogP contribution in [0.2, 0.25) is 0 Å². The number of primary sulfonamides is 1. The van der Waals surface area contributed by atoms with Gasteiger partial charge in [-0.05, 0) is 83.6 Å². The quantitative estimate of drug-likeness (QED) is 0.562. The minimum Gasteiger partial charge on any atom is -0.346 e. The first-order valence-electron chi connectivity index (χ1n) is 9.40. The van der Waals surface area contributed by atoms with Gasteiger partial charge < -0.3 is 4.57 Å². The molecule has 152 valence electrons. The molecule has 29 heavy (non-hydrogen) atoms. The van der Waals surface area contributed by atoms with Crippen LogP contribution < -0.4 is 5.14 Å². The summed E-state index contributed by atoms with van der Waals surface area (Å²) < 4.78 is 27.5. The number of benzene rings is 2. The fraction of sp³-hybridized carbons (Fsp3) is 0.318. The molecule has 0 unspecified atom stereocenters. The van der Waals surface area contributed by atoms with E-state index in [9.17, 15) is 13.7 Å². The van der Waals surface area contributed by atoms with E-state index in [1.165, 1.54) is 0 Å². The minimum absolute atomic E-state index is 0.120. The normalized spacial score (nSPS) is 12.9. The molecule has 0 saturated heterocycles. The first-order valence-corrected chi connectivity index (χ1v) is 11.7. The van der Waals surface area contributed by atoms with Crippen molar-refractivity contribution >= 4 is 36.9 Å². The molecule has 3 rings (SSSR count). The van der Waals surface area contributed by atoms with Crippen molar-refractivity contribution in [3.05, 3.63) is 62.8 Å². The standard InChI is InChI=1S/C22H24BrN3O2S/c1-5-17(21-13(2)8-14(3)22(15(21)4)29(25,27)28)11-26-12-19(23)18-9-16(10-24)6-7-20(18)26/h6-9,12,17H,5,11H2,1-4H3,(H2,25,27,28)/t17-/m1/s1. The number of aromatic nitrogens is 1. The van der Waals surface area contributed by atoms with Gasteiger partial charge in [-0.25, -0.2) is 13.6 Å². The Morgan fingerprint density at radius 1 is 1.21 bits per heavy atom. The summed E-state index contributed by atoms with van der Waals surface area (Å²) in [4.78, 5) is 0.230. The van der Waals surface area contributed by atoms with Crippen molar-refractivity contribution in [2.24, 2.45) is 5.14 Å². The van der Waals surface area contributed by atoms with Gasteiger partial charge in [0.05, 0.1) is 16.5 Å². The Kier molecular flexibility index (Phi) is 5.91. The Morgan fingerprint density at radius 3 is 2.48 bits per heavy atom. The maximum Gasteiger partial charge on any atom is 0.238 e. The van der Waals surface area contributed by atoms with E-state index in [4.69, 9.17) is 5.14 Å². The first-order chi connectivity index (χ1) is 13.6. The molecule has 1 aromatic heterocycles. The molecule has 0 radical (unpaired) electrons. The van der Waals surface area contributed by atoms with Crippen molar-refractivity contribution in [3.63, 3.8) is 0 Å². The Hall–Kier alpha value is -2.14. The molecule has 0 aliphatic heterocycles. The highest BCUT2D eigenvalue weighted by atomic mass is 79.9. The van der Waals surface area contributed by atoms with Gasteiger partial charge in [-0.2, -0.15) is 5.26 Å². The molecule has 2 N–H and O–H groups in total. The van der Waals surface area contributed by atoms with Crippen LogP contribution in [0.15, 0.2) is 39.8 Å². The summed E-state index contributed by atoms with van der Waals surface area (Å²) in [5, 5.41) is 15.7. The summed E-state index contributed by atoms with van der Waals surface area (Å²) in [6.07, 6.45) is 2.87. The van der Waals surface area contributed by atoms with Gasteiger partial charge in [0.1, 0.15) is 0 Å². The number of nitriles is 1. The molecule has 2 aromatic carbocycles. The van der Waals surface area contributed by atoms with Crippen LogP contribution in [0.25, 0.3) is 10.9 Å². The van der Waals surface area contributed by atoms with E-state index in [2.05, 4.69) is 33.5 Å². The number of sulfonamides is 1. The van der Waals surface area contributed by atoms with Gasteiger partial charge in [0.2, 0.25) is 10.0 Å². The minimum atomic E-state index is -3.80. The van der Waals surface area contributed by atoms with Crippen LogP contribution in [-0.4, -0.2) is 13.0 Å². The van der Waals surface area contributed by atoms with Crippen LogP contribution in [0.5, 0.6) is 0 Å². The molecule has 0 aliphatic carbocycles. The average Bonchev–Trinajstić information content (AvgIpc) is 2.94.